The fraction of sp³-hybridized carbons (Fsp3) is 0.417. The molecule has 0 bridgehead atoms. The summed E-state index contributed by atoms with van der Waals surface area (Å²) in [5.74, 6) is 0.430. The fourth-order valence-electron chi connectivity index (χ4n) is 1.63. The molecular weight excluding hydrogens is 243 g/mol. The van der Waals surface area contributed by atoms with Crippen molar-refractivity contribution in [3.05, 3.63) is 28.8 Å². The monoisotopic (exact) mass is 256 g/mol. The molecule has 0 aromatic heterocycles. The van der Waals surface area contributed by atoms with E-state index in [0.717, 1.165) is 17.8 Å². The van der Waals surface area contributed by atoms with Crippen LogP contribution in [-0.2, 0) is 5.88 Å². The highest BCUT2D eigenvalue weighted by atomic mass is 35.5. The van der Waals surface area contributed by atoms with Crippen LogP contribution in [0.5, 0.6) is 0 Å². The Kier molecular flexibility index (Phi) is 5.45. The molecule has 0 saturated heterocycles. The van der Waals surface area contributed by atoms with E-state index >= 15 is 0 Å². The summed E-state index contributed by atoms with van der Waals surface area (Å²) in [6.45, 7) is 3.54. The summed E-state index contributed by atoms with van der Waals surface area (Å²) < 4.78 is 0. The molecule has 1 aromatic carbocycles. The lowest BCUT2D eigenvalue weighted by Crippen LogP contribution is -2.25. The first kappa shape index (κ1) is 13.2. The second-order valence-electron chi connectivity index (χ2n) is 3.37. The summed E-state index contributed by atoms with van der Waals surface area (Å²) in [7, 11) is 0. The summed E-state index contributed by atoms with van der Waals surface area (Å²) in [4.78, 5) is 2.09. The SMILES string of the molecule is CCN(CCC#N)c1c(Cl)cccc1CCl. The van der Waals surface area contributed by atoms with Gasteiger partial charge in [-0.25, -0.2) is 0 Å². The largest absolute Gasteiger partial charge is 0.369 e. The number of benzene rings is 1. The zero-order valence-corrected chi connectivity index (χ0v) is 10.7. The molecular formula is C12H14Cl2N2. The smallest absolute Gasteiger partial charge is 0.0642 e. The Bertz CT molecular complexity index is 385. The van der Waals surface area contributed by atoms with E-state index in [-0.39, 0.29) is 0 Å². The number of anilines is 1. The van der Waals surface area contributed by atoms with Crippen LogP contribution in [-0.4, -0.2) is 13.1 Å². The number of hydrogen-bond acceptors (Lipinski definition) is 2. The second-order valence-corrected chi connectivity index (χ2v) is 4.04. The number of nitriles is 1. The molecule has 1 aromatic rings. The van der Waals surface area contributed by atoms with Crippen molar-refractivity contribution in [3.8, 4) is 6.07 Å². The predicted molar refractivity (Wildman–Crippen MR) is 69.1 cm³/mol. The predicted octanol–water partition coefficient (Wildman–Crippen LogP) is 3.82. The first-order chi connectivity index (χ1) is 7.74. The van der Waals surface area contributed by atoms with Crippen LogP contribution in [0.1, 0.15) is 18.9 Å². The third kappa shape index (κ3) is 3.04. The minimum atomic E-state index is 0.430. The maximum Gasteiger partial charge on any atom is 0.0642 e. The molecule has 0 spiro atoms. The van der Waals surface area contributed by atoms with Gasteiger partial charge >= 0.3 is 0 Å². The molecule has 0 amide bonds. The molecule has 0 saturated carbocycles. The zero-order chi connectivity index (χ0) is 12.0. The molecule has 0 N–H and O–H groups in total. The van der Waals surface area contributed by atoms with E-state index in [1.165, 1.54) is 0 Å². The van der Waals surface area contributed by atoms with E-state index in [0.29, 0.717) is 23.9 Å². The van der Waals surface area contributed by atoms with Gasteiger partial charge in [-0.3, -0.25) is 0 Å². The first-order valence-corrected chi connectivity index (χ1v) is 6.11. The van der Waals surface area contributed by atoms with Crippen LogP contribution in [0.2, 0.25) is 5.02 Å². The molecule has 2 nitrogen and oxygen atoms in total. The van der Waals surface area contributed by atoms with Crippen LogP contribution in [0, 0.1) is 11.3 Å². The molecule has 0 fully saturated rings. The minimum absolute atomic E-state index is 0.430. The van der Waals surface area contributed by atoms with Gasteiger partial charge in [0.2, 0.25) is 0 Å². The number of rotatable bonds is 5. The lowest BCUT2D eigenvalue weighted by atomic mass is 10.1. The molecule has 16 heavy (non-hydrogen) atoms. The van der Waals surface area contributed by atoms with E-state index in [4.69, 9.17) is 28.5 Å². The van der Waals surface area contributed by atoms with Gasteiger partial charge in [0, 0.05) is 19.0 Å². The summed E-state index contributed by atoms with van der Waals surface area (Å²) in [6.07, 6.45) is 0.487. The quantitative estimate of drug-likeness (QED) is 0.750. The summed E-state index contributed by atoms with van der Waals surface area (Å²) in [6, 6.07) is 7.84. The number of para-hydroxylation sites is 1. The minimum Gasteiger partial charge on any atom is -0.369 e. The van der Waals surface area contributed by atoms with Crippen LogP contribution < -0.4 is 4.90 Å². The molecule has 1 rings (SSSR count). The number of nitrogens with zero attached hydrogens (tertiary/aromatic N) is 2. The van der Waals surface area contributed by atoms with Crippen molar-refractivity contribution in [1.82, 2.24) is 0 Å². The number of hydrogen-bond donors (Lipinski definition) is 0. The van der Waals surface area contributed by atoms with E-state index < -0.39 is 0 Å². The maximum absolute atomic E-state index is 8.62. The molecule has 0 heterocycles. The van der Waals surface area contributed by atoms with Gasteiger partial charge in [-0.1, -0.05) is 23.7 Å². The van der Waals surface area contributed by atoms with Crippen LogP contribution >= 0.6 is 23.2 Å². The normalized spacial score (nSPS) is 9.88. The van der Waals surface area contributed by atoms with E-state index in [1.54, 1.807) is 0 Å². The highest BCUT2D eigenvalue weighted by molar-refractivity contribution is 6.33. The van der Waals surface area contributed by atoms with Crippen molar-refractivity contribution in [2.45, 2.75) is 19.2 Å². The van der Waals surface area contributed by atoms with Gasteiger partial charge < -0.3 is 4.90 Å². The Hall–Kier alpha value is -0.910. The Balaban J connectivity index is 3.03. The first-order valence-electron chi connectivity index (χ1n) is 5.19. The van der Waals surface area contributed by atoms with Crippen LogP contribution in [0.15, 0.2) is 18.2 Å². The van der Waals surface area contributed by atoms with E-state index in [9.17, 15) is 0 Å². The molecule has 4 heteroatoms. The fourth-order valence-corrected chi connectivity index (χ4v) is 2.16. The zero-order valence-electron chi connectivity index (χ0n) is 9.21. The van der Waals surface area contributed by atoms with Gasteiger partial charge in [-0.05, 0) is 18.6 Å². The third-order valence-electron chi connectivity index (χ3n) is 2.41. The summed E-state index contributed by atoms with van der Waals surface area (Å²) in [5, 5.41) is 9.31. The Morgan fingerprint density at radius 1 is 1.44 bits per heavy atom. The molecule has 0 aliphatic rings. The molecule has 0 aliphatic carbocycles. The van der Waals surface area contributed by atoms with Crippen molar-refractivity contribution in [2.75, 3.05) is 18.0 Å². The molecule has 0 aliphatic heterocycles. The number of halogens is 2. The van der Waals surface area contributed by atoms with Gasteiger partial charge in [0.25, 0.3) is 0 Å². The molecule has 0 unspecified atom stereocenters. The molecule has 0 atom stereocenters. The van der Waals surface area contributed by atoms with Crippen molar-refractivity contribution < 1.29 is 0 Å². The third-order valence-corrected chi connectivity index (χ3v) is 3.00. The van der Waals surface area contributed by atoms with Crippen molar-refractivity contribution in [3.63, 3.8) is 0 Å². The van der Waals surface area contributed by atoms with Gasteiger partial charge in [-0.15, -0.1) is 11.6 Å². The van der Waals surface area contributed by atoms with E-state index in [2.05, 4.69) is 11.0 Å². The van der Waals surface area contributed by atoms with Crippen molar-refractivity contribution in [1.29, 1.82) is 5.26 Å². The van der Waals surface area contributed by atoms with Gasteiger partial charge in [0.15, 0.2) is 0 Å². The molecule has 0 radical (unpaired) electrons. The van der Waals surface area contributed by atoms with Crippen molar-refractivity contribution in [2.24, 2.45) is 0 Å². The Morgan fingerprint density at radius 2 is 2.19 bits per heavy atom. The highest BCUT2D eigenvalue weighted by Gasteiger charge is 2.12. The van der Waals surface area contributed by atoms with Gasteiger partial charge in [0.1, 0.15) is 0 Å². The van der Waals surface area contributed by atoms with Crippen LogP contribution in [0.4, 0.5) is 5.69 Å². The highest BCUT2D eigenvalue weighted by Crippen LogP contribution is 2.31. The standard InChI is InChI=1S/C12H14Cl2N2/c1-2-16(8-4-7-15)12-10(9-13)5-3-6-11(12)14/h3,5-6H,2,4,8-9H2,1H3. The summed E-state index contributed by atoms with van der Waals surface area (Å²) in [5.41, 5.74) is 1.96. The lowest BCUT2D eigenvalue weighted by molar-refractivity contribution is 0.823. The van der Waals surface area contributed by atoms with Crippen LogP contribution in [0.25, 0.3) is 0 Å². The van der Waals surface area contributed by atoms with E-state index in [1.807, 2.05) is 25.1 Å². The maximum atomic E-state index is 8.62. The topological polar surface area (TPSA) is 27.0 Å². The average Bonchev–Trinajstić information content (AvgIpc) is 2.31. The Labute approximate surface area is 106 Å². The number of alkyl halides is 1. The van der Waals surface area contributed by atoms with Gasteiger partial charge in [0.05, 0.1) is 23.2 Å². The summed E-state index contributed by atoms with van der Waals surface area (Å²) >= 11 is 12.1. The average molecular weight is 257 g/mol. The second kappa shape index (κ2) is 6.62. The molecule has 86 valence electrons. The van der Waals surface area contributed by atoms with Crippen molar-refractivity contribution >= 4 is 28.9 Å². The van der Waals surface area contributed by atoms with Crippen LogP contribution in [0.3, 0.4) is 0 Å². The Morgan fingerprint density at radius 3 is 2.75 bits per heavy atom. The lowest BCUT2D eigenvalue weighted by Gasteiger charge is -2.25. The van der Waals surface area contributed by atoms with Gasteiger partial charge in [-0.2, -0.15) is 5.26 Å².